The first-order valence-corrected chi connectivity index (χ1v) is 9.52. The lowest BCUT2D eigenvalue weighted by atomic mass is 10.1. The first-order chi connectivity index (χ1) is 14.0. The van der Waals surface area contributed by atoms with E-state index in [-0.39, 0.29) is 18.4 Å². The van der Waals surface area contributed by atoms with Crippen LogP contribution in [-0.4, -0.2) is 52.1 Å². The standard InChI is InChI=1S/C20H26N8O/c1-5-29-20-14(7-6-8-23-20)15-9-16(24-11-18(21)25-12-22-4)19-17(27-15)10-26-28(19)13(2)3/h6-10,12-13H,5,11H2,1-4H3,(H,24,27)(H2,21,22,25). The molecule has 0 aromatic carbocycles. The number of ether oxygens (including phenoxy) is 1. The molecule has 0 saturated heterocycles. The van der Waals surface area contributed by atoms with Gasteiger partial charge in [0.1, 0.15) is 16.9 Å². The maximum absolute atomic E-state index is 7.99. The van der Waals surface area contributed by atoms with E-state index in [0.717, 1.165) is 28.0 Å². The summed E-state index contributed by atoms with van der Waals surface area (Å²) < 4.78 is 7.60. The number of hydrogen-bond acceptors (Lipinski definition) is 6. The molecule has 0 saturated carbocycles. The van der Waals surface area contributed by atoms with E-state index in [0.29, 0.717) is 12.5 Å². The fourth-order valence-corrected chi connectivity index (χ4v) is 2.93. The monoisotopic (exact) mass is 394 g/mol. The number of nitrogens with zero attached hydrogens (tertiary/aromatic N) is 5. The van der Waals surface area contributed by atoms with Gasteiger partial charge in [-0.1, -0.05) is 0 Å². The lowest BCUT2D eigenvalue weighted by molar-refractivity contribution is 0.328. The van der Waals surface area contributed by atoms with E-state index < -0.39 is 0 Å². The smallest absolute Gasteiger partial charge is 0.222 e. The molecule has 3 heterocycles. The van der Waals surface area contributed by atoms with Gasteiger partial charge in [0.15, 0.2) is 0 Å². The van der Waals surface area contributed by atoms with Gasteiger partial charge in [0.25, 0.3) is 0 Å². The van der Waals surface area contributed by atoms with Crippen LogP contribution < -0.4 is 15.4 Å². The molecule has 0 radical (unpaired) electrons. The van der Waals surface area contributed by atoms with Crippen molar-refractivity contribution >= 4 is 28.9 Å². The zero-order chi connectivity index (χ0) is 20.8. The number of pyridine rings is 2. The van der Waals surface area contributed by atoms with Crippen LogP contribution >= 0.6 is 0 Å². The molecule has 0 amide bonds. The summed E-state index contributed by atoms with van der Waals surface area (Å²) in [5.41, 5.74) is 4.00. The molecule has 0 aliphatic rings. The molecule has 9 nitrogen and oxygen atoms in total. The highest BCUT2D eigenvalue weighted by Gasteiger charge is 2.17. The predicted octanol–water partition coefficient (Wildman–Crippen LogP) is 3.11. The Bertz CT molecular complexity index is 1020. The third kappa shape index (κ3) is 4.50. The largest absolute Gasteiger partial charge is 0.477 e. The van der Waals surface area contributed by atoms with Gasteiger partial charge in [-0.05, 0) is 39.0 Å². The van der Waals surface area contributed by atoms with Gasteiger partial charge in [0, 0.05) is 19.3 Å². The Hall–Kier alpha value is -3.49. The van der Waals surface area contributed by atoms with E-state index in [2.05, 4.69) is 39.6 Å². The summed E-state index contributed by atoms with van der Waals surface area (Å²) in [4.78, 5) is 13.1. The van der Waals surface area contributed by atoms with Gasteiger partial charge >= 0.3 is 0 Å². The van der Waals surface area contributed by atoms with E-state index in [9.17, 15) is 0 Å². The molecule has 0 spiro atoms. The zero-order valence-corrected chi connectivity index (χ0v) is 17.1. The van der Waals surface area contributed by atoms with Crippen LogP contribution in [0.15, 0.2) is 35.6 Å². The van der Waals surface area contributed by atoms with Crippen molar-refractivity contribution in [1.82, 2.24) is 25.1 Å². The van der Waals surface area contributed by atoms with Crippen molar-refractivity contribution in [3.63, 3.8) is 0 Å². The molecule has 3 aromatic heterocycles. The minimum absolute atomic E-state index is 0.167. The first-order valence-electron chi connectivity index (χ1n) is 9.52. The average Bonchev–Trinajstić information content (AvgIpc) is 3.15. The van der Waals surface area contributed by atoms with E-state index in [1.165, 1.54) is 6.34 Å². The number of nitrogens with one attached hydrogen (secondary N) is 3. The molecule has 3 rings (SSSR count). The van der Waals surface area contributed by atoms with Crippen molar-refractivity contribution in [1.29, 1.82) is 5.41 Å². The Morgan fingerprint density at radius 2 is 2.24 bits per heavy atom. The van der Waals surface area contributed by atoms with E-state index in [1.54, 1.807) is 19.4 Å². The van der Waals surface area contributed by atoms with Crippen LogP contribution in [0, 0.1) is 5.41 Å². The molecule has 0 unspecified atom stereocenters. The number of hydrogen-bond donors (Lipinski definition) is 3. The average molecular weight is 394 g/mol. The van der Waals surface area contributed by atoms with Gasteiger partial charge in [0.2, 0.25) is 5.88 Å². The van der Waals surface area contributed by atoms with Gasteiger partial charge in [-0.3, -0.25) is 10.1 Å². The van der Waals surface area contributed by atoms with Gasteiger partial charge < -0.3 is 15.4 Å². The SMILES string of the molecule is CCOc1ncccc1-c1cc(NCC(=N)/N=C\NC)c2c(cnn2C(C)C)n1. The highest BCUT2D eigenvalue weighted by atomic mass is 16.5. The van der Waals surface area contributed by atoms with Crippen molar-refractivity contribution in [2.75, 3.05) is 25.5 Å². The van der Waals surface area contributed by atoms with Crippen LogP contribution in [0.3, 0.4) is 0 Å². The molecule has 3 N–H and O–H groups in total. The fraction of sp³-hybridized carbons (Fsp3) is 0.350. The molecule has 0 aliphatic heterocycles. The molecule has 0 aliphatic carbocycles. The Labute approximate surface area is 169 Å². The minimum atomic E-state index is 0.167. The van der Waals surface area contributed by atoms with Gasteiger partial charge in [0.05, 0.1) is 42.6 Å². The second-order valence-corrected chi connectivity index (χ2v) is 6.61. The van der Waals surface area contributed by atoms with Crippen molar-refractivity contribution in [2.24, 2.45) is 4.99 Å². The fourth-order valence-electron chi connectivity index (χ4n) is 2.93. The first kappa shape index (κ1) is 20.2. The van der Waals surface area contributed by atoms with Crippen LogP contribution in [0.4, 0.5) is 5.69 Å². The molecular weight excluding hydrogens is 368 g/mol. The Morgan fingerprint density at radius 3 is 2.97 bits per heavy atom. The van der Waals surface area contributed by atoms with Crippen LogP contribution in [0.1, 0.15) is 26.8 Å². The quantitative estimate of drug-likeness (QED) is 0.400. The predicted molar refractivity (Wildman–Crippen MR) is 116 cm³/mol. The summed E-state index contributed by atoms with van der Waals surface area (Å²) in [6.45, 7) is 6.84. The molecule has 0 atom stereocenters. The summed E-state index contributed by atoms with van der Waals surface area (Å²) in [6, 6.07) is 5.90. The third-order valence-corrected chi connectivity index (χ3v) is 4.17. The second-order valence-electron chi connectivity index (χ2n) is 6.61. The van der Waals surface area contributed by atoms with Crippen LogP contribution in [0.5, 0.6) is 5.88 Å². The lowest BCUT2D eigenvalue weighted by Crippen LogP contribution is -2.14. The number of anilines is 1. The normalized spacial score (nSPS) is 11.3. The van der Waals surface area contributed by atoms with Crippen molar-refractivity contribution < 1.29 is 4.74 Å². The number of aromatic nitrogens is 4. The highest BCUT2D eigenvalue weighted by Crippen LogP contribution is 2.33. The summed E-state index contributed by atoms with van der Waals surface area (Å²) in [7, 11) is 1.74. The number of fused-ring (bicyclic) bond motifs is 1. The molecule has 9 heteroatoms. The van der Waals surface area contributed by atoms with Crippen LogP contribution in [0.2, 0.25) is 0 Å². The zero-order valence-electron chi connectivity index (χ0n) is 17.1. The minimum Gasteiger partial charge on any atom is -0.477 e. The van der Waals surface area contributed by atoms with Crippen molar-refractivity contribution in [3.8, 4) is 17.1 Å². The van der Waals surface area contributed by atoms with E-state index in [1.807, 2.05) is 29.8 Å². The van der Waals surface area contributed by atoms with E-state index in [4.69, 9.17) is 15.1 Å². The molecule has 0 bridgehead atoms. The Balaban J connectivity index is 2.08. The molecule has 0 fully saturated rings. The highest BCUT2D eigenvalue weighted by molar-refractivity contribution is 5.95. The second kappa shape index (κ2) is 9.13. The molecular formula is C20H26N8O. The Kier molecular flexibility index (Phi) is 6.38. The maximum atomic E-state index is 7.99. The lowest BCUT2D eigenvalue weighted by Gasteiger charge is -2.14. The summed E-state index contributed by atoms with van der Waals surface area (Å²) in [6.07, 6.45) is 4.94. The molecule has 152 valence electrons. The summed E-state index contributed by atoms with van der Waals surface area (Å²) >= 11 is 0. The third-order valence-electron chi connectivity index (χ3n) is 4.17. The van der Waals surface area contributed by atoms with Crippen LogP contribution in [0.25, 0.3) is 22.3 Å². The number of rotatable bonds is 8. The van der Waals surface area contributed by atoms with Crippen molar-refractivity contribution in [3.05, 3.63) is 30.6 Å². The maximum Gasteiger partial charge on any atom is 0.222 e. The topological polar surface area (TPSA) is 113 Å². The Morgan fingerprint density at radius 1 is 1.41 bits per heavy atom. The van der Waals surface area contributed by atoms with Gasteiger partial charge in [-0.25, -0.2) is 15.0 Å². The van der Waals surface area contributed by atoms with Gasteiger partial charge in [-0.15, -0.1) is 0 Å². The molecule has 3 aromatic rings. The van der Waals surface area contributed by atoms with Crippen molar-refractivity contribution in [2.45, 2.75) is 26.8 Å². The summed E-state index contributed by atoms with van der Waals surface area (Å²) in [5, 5.41) is 18.6. The number of amidine groups is 1. The van der Waals surface area contributed by atoms with Gasteiger partial charge in [-0.2, -0.15) is 5.10 Å². The summed E-state index contributed by atoms with van der Waals surface area (Å²) in [5.74, 6) is 0.744. The van der Waals surface area contributed by atoms with E-state index >= 15 is 0 Å². The number of aliphatic imine (C=N–C) groups is 1. The van der Waals surface area contributed by atoms with Crippen LogP contribution in [-0.2, 0) is 0 Å². The molecule has 29 heavy (non-hydrogen) atoms.